The molecule has 3 aliphatic rings. The number of rotatable bonds is 2. The molecule has 0 aromatic heterocycles. The number of hydrogen-bond acceptors (Lipinski definition) is 1. The van der Waals surface area contributed by atoms with Crippen LogP contribution in [0.15, 0.2) is 0 Å². The average molecular weight is 176 g/mol. The van der Waals surface area contributed by atoms with Gasteiger partial charge in [0.15, 0.2) is 0 Å². The highest BCUT2D eigenvalue weighted by Gasteiger charge is 2.67. The van der Waals surface area contributed by atoms with Crippen LogP contribution in [0.25, 0.3) is 0 Å². The number of nitrogens with two attached hydrogens (primary N) is 1. The average Bonchev–Trinajstić information content (AvgIpc) is 1.57. The molecular weight excluding hydrogens is 158 g/mol. The fourth-order valence-corrected chi connectivity index (χ4v) is 2.91. The van der Waals surface area contributed by atoms with Gasteiger partial charge in [0.2, 0.25) is 0 Å². The third-order valence-corrected chi connectivity index (χ3v) is 3.84. The Bertz CT molecular complexity index is 145. The first-order valence-electron chi connectivity index (χ1n) is 4.33. The first-order chi connectivity index (χ1) is 4.63. The summed E-state index contributed by atoms with van der Waals surface area (Å²) in [5.41, 5.74) is 7.04. The molecular formula is C9H18ClN. The summed E-state index contributed by atoms with van der Waals surface area (Å²) in [7, 11) is 0. The number of hydrogen-bond donors (Lipinski definition) is 1. The molecule has 0 unspecified atom stereocenters. The maximum absolute atomic E-state index is 5.67. The van der Waals surface area contributed by atoms with Crippen molar-refractivity contribution >= 4 is 12.4 Å². The highest BCUT2D eigenvalue weighted by atomic mass is 35.5. The minimum atomic E-state index is 0. The molecule has 0 saturated heterocycles. The second-order valence-electron chi connectivity index (χ2n) is 4.75. The van der Waals surface area contributed by atoms with Crippen molar-refractivity contribution in [1.29, 1.82) is 0 Å². The molecule has 1 nitrogen and oxygen atoms in total. The summed E-state index contributed by atoms with van der Waals surface area (Å²) in [4.78, 5) is 0. The molecule has 3 saturated carbocycles. The van der Waals surface area contributed by atoms with Gasteiger partial charge in [-0.25, -0.2) is 0 Å². The first kappa shape index (κ1) is 9.34. The molecule has 66 valence electrons. The standard InChI is InChI=1S/C9H17N.ClH/c1-7(2)9-3-8(4-9,5-9)6-10;/h7H,3-6,10H2,1-2H3;1H. The van der Waals surface area contributed by atoms with Crippen LogP contribution in [-0.4, -0.2) is 6.54 Å². The zero-order valence-corrected chi connectivity index (χ0v) is 8.21. The molecule has 0 aliphatic heterocycles. The Morgan fingerprint density at radius 1 is 1.27 bits per heavy atom. The Hall–Kier alpha value is 0.250. The summed E-state index contributed by atoms with van der Waals surface area (Å²) < 4.78 is 0. The largest absolute Gasteiger partial charge is 0.330 e. The van der Waals surface area contributed by atoms with Gasteiger partial charge in [0.1, 0.15) is 0 Å². The summed E-state index contributed by atoms with van der Waals surface area (Å²) in [6, 6.07) is 0. The van der Waals surface area contributed by atoms with Gasteiger partial charge in [-0.05, 0) is 42.6 Å². The van der Waals surface area contributed by atoms with Gasteiger partial charge in [-0.1, -0.05) is 13.8 Å². The zero-order valence-electron chi connectivity index (χ0n) is 7.39. The molecule has 11 heavy (non-hydrogen) atoms. The lowest BCUT2D eigenvalue weighted by molar-refractivity contribution is -0.222. The Balaban J connectivity index is 0.000000605. The molecule has 0 spiro atoms. The zero-order chi connectivity index (χ0) is 7.41. The summed E-state index contributed by atoms with van der Waals surface area (Å²) in [5.74, 6) is 0.890. The van der Waals surface area contributed by atoms with Crippen LogP contribution in [0.4, 0.5) is 0 Å². The van der Waals surface area contributed by atoms with Gasteiger partial charge in [-0.2, -0.15) is 0 Å². The van der Waals surface area contributed by atoms with Crippen LogP contribution in [-0.2, 0) is 0 Å². The predicted molar refractivity (Wildman–Crippen MR) is 49.9 cm³/mol. The van der Waals surface area contributed by atoms with E-state index in [2.05, 4.69) is 13.8 Å². The Kier molecular flexibility index (Phi) is 2.01. The maximum Gasteiger partial charge on any atom is -0.00199 e. The van der Waals surface area contributed by atoms with E-state index in [0.717, 1.165) is 17.9 Å². The summed E-state index contributed by atoms with van der Waals surface area (Å²) in [6.45, 7) is 5.63. The third-order valence-electron chi connectivity index (χ3n) is 3.84. The molecule has 0 heterocycles. The lowest BCUT2D eigenvalue weighted by Crippen LogP contribution is -2.66. The first-order valence-corrected chi connectivity index (χ1v) is 4.33. The van der Waals surface area contributed by atoms with E-state index in [1.807, 2.05) is 0 Å². The summed E-state index contributed by atoms with van der Waals surface area (Å²) >= 11 is 0. The smallest absolute Gasteiger partial charge is 0.00199 e. The van der Waals surface area contributed by atoms with Gasteiger partial charge in [0, 0.05) is 0 Å². The van der Waals surface area contributed by atoms with Gasteiger partial charge in [0.05, 0.1) is 0 Å². The van der Waals surface area contributed by atoms with Crippen molar-refractivity contribution in [1.82, 2.24) is 0 Å². The Labute approximate surface area is 75.1 Å². The number of halogens is 1. The van der Waals surface area contributed by atoms with Crippen molar-refractivity contribution in [3.05, 3.63) is 0 Å². The van der Waals surface area contributed by atoms with Crippen LogP contribution >= 0.6 is 12.4 Å². The summed E-state index contributed by atoms with van der Waals surface area (Å²) in [5, 5.41) is 0. The minimum absolute atomic E-state index is 0. The second kappa shape index (κ2) is 2.37. The van der Waals surface area contributed by atoms with Crippen molar-refractivity contribution in [2.75, 3.05) is 6.54 Å². The van der Waals surface area contributed by atoms with Crippen LogP contribution in [0.3, 0.4) is 0 Å². The van der Waals surface area contributed by atoms with E-state index in [-0.39, 0.29) is 12.4 Å². The van der Waals surface area contributed by atoms with Gasteiger partial charge >= 0.3 is 0 Å². The second-order valence-corrected chi connectivity index (χ2v) is 4.75. The monoisotopic (exact) mass is 175 g/mol. The molecule has 2 N–H and O–H groups in total. The fraction of sp³-hybridized carbons (Fsp3) is 1.00. The quantitative estimate of drug-likeness (QED) is 0.684. The molecule has 0 aromatic carbocycles. The molecule has 0 aromatic rings. The van der Waals surface area contributed by atoms with E-state index >= 15 is 0 Å². The normalized spacial score (nSPS) is 45.8. The lowest BCUT2D eigenvalue weighted by Gasteiger charge is -2.73. The van der Waals surface area contributed by atoms with Crippen LogP contribution in [0.1, 0.15) is 33.1 Å². The maximum atomic E-state index is 5.67. The van der Waals surface area contributed by atoms with Crippen molar-refractivity contribution in [3.63, 3.8) is 0 Å². The van der Waals surface area contributed by atoms with Gasteiger partial charge in [-0.3, -0.25) is 0 Å². The molecule has 2 bridgehead atoms. The molecule has 3 aliphatic carbocycles. The van der Waals surface area contributed by atoms with E-state index in [1.165, 1.54) is 19.3 Å². The van der Waals surface area contributed by atoms with Gasteiger partial charge in [0.25, 0.3) is 0 Å². The molecule has 3 fully saturated rings. The van der Waals surface area contributed by atoms with Crippen molar-refractivity contribution in [2.24, 2.45) is 22.5 Å². The lowest BCUT2D eigenvalue weighted by atomic mass is 9.32. The molecule has 2 heteroatoms. The Morgan fingerprint density at radius 3 is 2.00 bits per heavy atom. The Morgan fingerprint density at radius 2 is 1.73 bits per heavy atom. The third kappa shape index (κ3) is 0.940. The van der Waals surface area contributed by atoms with Crippen LogP contribution in [0.5, 0.6) is 0 Å². The van der Waals surface area contributed by atoms with E-state index in [9.17, 15) is 0 Å². The van der Waals surface area contributed by atoms with Crippen LogP contribution in [0.2, 0.25) is 0 Å². The van der Waals surface area contributed by atoms with Crippen LogP contribution < -0.4 is 5.73 Å². The molecule has 0 amide bonds. The van der Waals surface area contributed by atoms with Crippen LogP contribution in [0, 0.1) is 16.7 Å². The molecule has 0 atom stereocenters. The summed E-state index contributed by atoms with van der Waals surface area (Å²) in [6.07, 6.45) is 4.27. The van der Waals surface area contributed by atoms with Crippen molar-refractivity contribution < 1.29 is 0 Å². The van der Waals surface area contributed by atoms with Gasteiger partial charge in [-0.15, -0.1) is 12.4 Å². The molecule has 3 rings (SSSR count). The van der Waals surface area contributed by atoms with E-state index < -0.39 is 0 Å². The SMILES string of the molecule is CC(C)C12CC(CN)(C1)C2.Cl. The topological polar surface area (TPSA) is 26.0 Å². The predicted octanol–water partition coefficient (Wildman–Crippen LogP) is 2.19. The van der Waals surface area contributed by atoms with Gasteiger partial charge < -0.3 is 5.73 Å². The minimum Gasteiger partial charge on any atom is -0.330 e. The van der Waals surface area contributed by atoms with E-state index in [0.29, 0.717) is 5.41 Å². The highest BCUT2D eigenvalue weighted by Crippen LogP contribution is 2.75. The van der Waals surface area contributed by atoms with Crippen molar-refractivity contribution in [3.8, 4) is 0 Å². The van der Waals surface area contributed by atoms with Crippen molar-refractivity contribution in [2.45, 2.75) is 33.1 Å². The highest BCUT2D eigenvalue weighted by molar-refractivity contribution is 5.85. The van der Waals surface area contributed by atoms with E-state index in [1.54, 1.807) is 0 Å². The molecule has 0 radical (unpaired) electrons. The fourth-order valence-electron chi connectivity index (χ4n) is 2.91. The van der Waals surface area contributed by atoms with E-state index in [4.69, 9.17) is 5.73 Å².